The molecule has 1 aromatic carbocycles. The highest BCUT2D eigenvalue weighted by molar-refractivity contribution is 7.89. The number of sulfonamides is 1. The van der Waals surface area contributed by atoms with E-state index in [0.29, 0.717) is 13.1 Å². The number of carbonyl (C=O) groups is 1. The molecule has 1 saturated heterocycles. The molecule has 0 saturated carbocycles. The van der Waals surface area contributed by atoms with Gasteiger partial charge in [0, 0.05) is 13.1 Å². The Hall–Kier alpha value is -1.60. The van der Waals surface area contributed by atoms with E-state index in [1.165, 1.54) is 23.5 Å². The van der Waals surface area contributed by atoms with Crippen molar-refractivity contribution in [2.45, 2.75) is 17.7 Å². The zero-order valence-corrected chi connectivity index (χ0v) is 11.3. The van der Waals surface area contributed by atoms with Crippen LogP contribution < -0.4 is 4.74 Å². The van der Waals surface area contributed by atoms with Crippen LogP contribution in [0.5, 0.6) is 5.75 Å². The highest BCUT2D eigenvalue weighted by Gasteiger charge is 2.30. The van der Waals surface area contributed by atoms with Gasteiger partial charge >= 0.3 is 5.97 Å². The largest absolute Gasteiger partial charge is 0.495 e. The molecule has 1 N–H and O–H groups in total. The summed E-state index contributed by atoms with van der Waals surface area (Å²) in [7, 11) is -2.33. The lowest BCUT2D eigenvalue weighted by Gasteiger charge is -2.17. The van der Waals surface area contributed by atoms with Crippen molar-refractivity contribution in [1.82, 2.24) is 4.31 Å². The zero-order valence-electron chi connectivity index (χ0n) is 10.5. The predicted octanol–water partition coefficient (Wildman–Crippen LogP) is 1.18. The van der Waals surface area contributed by atoms with E-state index >= 15 is 0 Å². The predicted molar refractivity (Wildman–Crippen MR) is 67.9 cm³/mol. The lowest BCUT2D eigenvalue weighted by atomic mass is 10.2. The van der Waals surface area contributed by atoms with E-state index in [1.807, 2.05) is 0 Å². The summed E-state index contributed by atoms with van der Waals surface area (Å²) < 4.78 is 31.3. The van der Waals surface area contributed by atoms with Crippen LogP contribution in [0.15, 0.2) is 23.1 Å². The molecule has 0 aromatic heterocycles. The molecule has 19 heavy (non-hydrogen) atoms. The first-order valence-electron chi connectivity index (χ1n) is 5.88. The molecule has 7 heteroatoms. The lowest BCUT2D eigenvalue weighted by Crippen LogP contribution is -2.28. The van der Waals surface area contributed by atoms with Crippen LogP contribution in [0, 0.1) is 0 Å². The first kappa shape index (κ1) is 13.8. The van der Waals surface area contributed by atoms with Crippen LogP contribution in [0.4, 0.5) is 0 Å². The minimum absolute atomic E-state index is 0.0708. The summed E-state index contributed by atoms with van der Waals surface area (Å²) in [6, 6.07) is 3.84. The average molecular weight is 285 g/mol. The number of hydrogen-bond acceptors (Lipinski definition) is 4. The SMILES string of the molecule is COc1ccc(C(=O)O)cc1S(=O)(=O)N1CCCC1. The van der Waals surface area contributed by atoms with Crippen LogP contribution in [0.25, 0.3) is 0 Å². The maximum Gasteiger partial charge on any atom is 0.335 e. The number of ether oxygens (including phenoxy) is 1. The van der Waals surface area contributed by atoms with Gasteiger partial charge in [-0.15, -0.1) is 0 Å². The van der Waals surface area contributed by atoms with Gasteiger partial charge in [0.25, 0.3) is 0 Å². The molecular formula is C12H15NO5S. The van der Waals surface area contributed by atoms with Gasteiger partial charge in [-0.25, -0.2) is 13.2 Å². The number of aromatic carboxylic acids is 1. The molecule has 0 unspecified atom stereocenters. The molecule has 0 radical (unpaired) electrons. The molecule has 0 bridgehead atoms. The molecule has 104 valence electrons. The van der Waals surface area contributed by atoms with Crippen LogP contribution in [-0.4, -0.2) is 44.0 Å². The maximum absolute atomic E-state index is 12.4. The molecule has 0 spiro atoms. The molecule has 0 amide bonds. The van der Waals surface area contributed by atoms with Crippen molar-refractivity contribution >= 4 is 16.0 Å². The Morgan fingerprint density at radius 2 is 1.95 bits per heavy atom. The third kappa shape index (κ3) is 2.57. The van der Waals surface area contributed by atoms with E-state index in [0.717, 1.165) is 18.9 Å². The van der Waals surface area contributed by atoms with E-state index in [9.17, 15) is 13.2 Å². The van der Waals surface area contributed by atoms with Crippen LogP contribution >= 0.6 is 0 Å². The number of hydrogen-bond donors (Lipinski definition) is 1. The normalized spacial score (nSPS) is 16.5. The Morgan fingerprint density at radius 3 is 2.47 bits per heavy atom. The molecule has 1 fully saturated rings. The van der Waals surface area contributed by atoms with Gasteiger partial charge in [-0.3, -0.25) is 0 Å². The number of rotatable bonds is 4. The van der Waals surface area contributed by atoms with E-state index in [-0.39, 0.29) is 16.2 Å². The number of carboxylic acids is 1. The van der Waals surface area contributed by atoms with Crippen LogP contribution in [0.1, 0.15) is 23.2 Å². The summed E-state index contributed by atoms with van der Waals surface area (Å²) in [4.78, 5) is 10.9. The Morgan fingerprint density at radius 1 is 1.32 bits per heavy atom. The van der Waals surface area contributed by atoms with Gasteiger partial charge in [0.1, 0.15) is 10.6 Å². The second-order valence-electron chi connectivity index (χ2n) is 4.28. The summed E-state index contributed by atoms with van der Waals surface area (Å²) in [5, 5.41) is 8.95. The third-order valence-corrected chi connectivity index (χ3v) is 5.01. The van der Waals surface area contributed by atoms with Crippen molar-refractivity contribution in [3.8, 4) is 5.75 Å². The quantitative estimate of drug-likeness (QED) is 0.898. The van der Waals surface area contributed by atoms with Crippen LogP contribution in [-0.2, 0) is 10.0 Å². The highest BCUT2D eigenvalue weighted by atomic mass is 32.2. The first-order chi connectivity index (χ1) is 8.96. The van der Waals surface area contributed by atoms with Crippen LogP contribution in [0.2, 0.25) is 0 Å². The van der Waals surface area contributed by atoms with Crippen molar-refractivity contribution in [1.29, 1.82) is 0 Å². The van der Waals surface area contributed by atoms with E-state index in [2.05, 4.69) is 0 Å². The standard InChI is InChI=1S/C12H15NO5S/c1-18-10-5-4-9(12(14)15)8-11(10)19(16,17)13-6-2-3-7-13/h4-5,8H,2-3,6-7H2,1H3,(H,14,15). The summed E-state index contributed by atoms with van der Waals surface area (Å²) in [6.07, 6.45) is 1.64. The van der Waals surface area contributed by atoms with Gasteiger partial charge in [-0.05, 0) is 31.0 Å². The molecule has 1 heterocycles. The van der Waals surface area contributed by atoms with Crippen molar-refractivity contribution in [2.24, 2.45) is 0 Å². The molecule has 0 atom stereocenters. The van der Waals surface area contributed by atoms with E-state index in [4.69, 9.17) is 9.84 Å². The molecule has 2 rings (SSSR count). The Bertz CT molecular complexity index is 590. The molecule has 1 aliphatic heterocycles. The topological polar surface area (TPSA) is 83.9 Å². The van der Waals surface area contributed by atoms with Gasteiger partial charge in [0.15, 0.2) is 0 Å². The van der Waals surface area contributed by atoms with E-state index < -0.39 is 16.0 Å². The van der Waals surface area contributed by atoms with Crippen molar-refractivity contribution in [2.75, 3.05) is 20.2 Å². The highest BCUT2D eigenvalue weighted by Crippen LogP contribution is 2.29. The fourth-order valence-corrected chi connectivity index (χ4v) is 3.78. The summed E-state index contributed by atoms with van der Waals surface area (Å²) in [5.41, 5.74) is -0.0708. The summed E-state index contributed by atoms with van der Waals surface area (Å²) in [6.45, 7) is 0.922. The Balaban J connectivity index is 2.52. The van der Waals surface area contributed by atoms with Gasteiger partial charge in [-0.1, -0.05) is 0 Å². The fraction of sp³-hybridized carbons (Fsp3) is 0.417. The van der Waals surface area contributed by atoms with Crippen molar-refractivity contribution in [3.05, 3.63) is 23.8 Å². The van der Waals surface area contributed by atoms with Gasteiger partial charge in [-0.2, -0.15) is 4.31 Å². The minimum Gasteiger partial charge on any atom is -0.495 e. The lowest BCUT2D eigenvalue weighted by molar-refractivity contribution is 0.0696. The molecule has 6 nitrogen and oxygen atoms in total. The monoisotopic (exact) mass is 285 g/mol. The van der Waals surface area contributed by atoms with Gasteiger partial charge in [0.2, 0.25) is 10.0 Å². The molecule has 0 aliphatic carbocycles. The smallest absolute Gasteiger partial charge is 0.335 e. The number of nitrogens with zero attached hydrogens (tertiary/aromatic N) is 1. The fourth-order valence-electron chi connectivity index (χ4n) is 2.08. The first-order valence-corrected chi connectivity index (χ1v) is 7.32. The number of benzene rings is 1. The Kier molecular flexibility index (Phi) is 3.77. The maximum atomic E-state index is 12.4. The summed E-state index contributed by atoms with van der Waals surface area (Å²) in [5.74, 6) is -1.00. The number of methoxy groups -OCH3 is 1. The van der Waals surface area contributed by atoms with E-state index in [1.54, 1.807) is 0 Å². The second-order valence-corrected chi connectivity index (χ2v) is 6.19. The van der Waals surface area contributed by atoms with Gasteiger partial charge < -0.3 is 9.84 Å². The number of carboxylic acid groups (broad SMARTS) is 1. The minimum atomic E-state index is -3.69. The third-order valence-electron chi connectivity index (χ3n) is 3.09. The average Bonchev–Trinajstić information content (AvgIpc) is 2.92. The van der Waals surface area contributed by atoms with Crippen LogP contribution in [0.3, 0.4) is 0 Å². The Labute approximate surface area is 111 Å². The molecule has 1 aromatic rings. The molecule has 1 aliphatic rings. The zero-order chi connectivity index (χ0) is 14.0. The van der Waals surface area contributed by atoms with Gasteiger partial charge in [0.05, 0.1) is 12.7 Å². The van der Waals surface area contributed by atoms with Crippen molar-refractivity contribution in [3.63, 3.8) is 0 Å². The molecular weight excluding hydrogens is 270 g/mol. The summed E-state index contributed by atoms with van der Waals surface area (Å²) >= 11 is 0. The second kappa shape index (κ2) is 5.18. The van der Waals surface area contributed by atoms with Crippen molar-refractivity contribution < 1.29 is 23.1 Å².